The lowest BCUT2D eigenvalue weighted by molar-refractivity contribution is -0.135. The first kappa shape index (κ1) is 16.5. The molecule has 1 atom stereocenters. The molecule has 1 unspecified atom stereocenters. The maximum absolute atomic E-state index is 12.6. The summed E-state index contributed by atoms with van der Waals surface area (Å²) >= 11 is 0. The highest BCUT2D eigenvalue weighted by atomic mass is 16.2. The van der Waals surface area contributed by atoms with E-state index in [9.17, 15) is 4.79 Å². The van der Waals surface area contributed by atoms with Gasteiger partial charge in [0.25, 0.3) is 0 Å². The maximum Gasteiger partial charge on any atom is 0.223 e. The van der Waals surface area contributed by atoms with Gasteiger partial charge in [-0.2, -0.15) is 0 Å². The molecule has 1 saturated heterocycles. The number of hydrogen-bond acceptors (Lipinski definition) is 2. The van der Waals surface area contributed by atoms with E-state index >= 15 is 0 Å². The Morgan fingerprint density at radius 3 is 2.37 bits per heavy atom. The minimum atomic E-state index is 0.384. The fraction of sp³-hybridized carbons (Fsp3) is 0.938. The SMILES string of the molecule is CCCN(C(=O)CC(CC)C(C)C)C1CCNCC1. The number of carbonyl (C=O) groups excluding carboxylic acids is 1. The second-order valence-corrected chi connectivity index (χ2v) is 6.18. The lowest BCUT2D eigenvalue weighted by Gasteiger charge is -2.35. The maximum atomic E-state index is 12.6. The van der Waals surface area contributed by atoms with Crippen LogP contribution in [0.5, 0.6) is 0 Å². The predicted octanol–water partition coefficient (Wildman–Crippen LogP) is 3.05. The van der Waals surface area contributed by atoms with Gasteiger partial charge in [0.05, 0.1) is 0 Å². The van der Waals surface area contributed by atoms with Crippen LogP contribution in [0.2, 0.25) is 0 Å². The molecule has 0 spiro atoms. The molecule has 3 heteroatoms. The molecule has 1 N–H and O–H groups in total. The first-order chi connectivity index (χ1) is 9.10. The molecular formula is C16H32N2O. The molecule has 0 aromatic heterocycles. The Labute approximate surface area is 119 Å². The summed E-state index contributed by atoms with van der Waals surface area (Å²) in [4.78, 5) is 14.8. The van der Waals surface area contributed by atoms with Gasteiger partial charge in [0.2, 0.25) is 5.91 Å². The summed E-state index contributed by atoms with van der Waals surface area (Å²) in [7, 11) is 0. The van der Waals surface area contributed by atoms with E-state index in [-0.39, 0.29) is 0 Å². The summed E-state index contributed by atoms with van der Waals surface area (Å²) in [5.41, 5.74) is 0. The summed E-state index contributed by atoms with van der Waals surface area (Å²) in [6.07, 6.45) is 5.14. The zero-order valence-corrected chi connectivity index (χ0v) is 13.2. The smallest absolute Gasteiger partial charge is 0.223 e. The van der Waals surface area contributed by atoms with Gasteiger partial charge in [-0.25, -0.2) is 0 Å². The van der Waals surface area contributed by atoms with Gasteiger partial charge in [-0.3, -0.25) is 4.79 Å². The van der Waals surface area contributed by atoms with Crippen LogP contribution < -0.4 is 5.32 Å². The van der Waals surface area contributed by atoms with Gasteiger partial charge in [-0.05, 0) is 44.2 Å². The predicted molar refractivity (Wildman–Crippen MR) is 81.1 cm³/mol. The molecule has 0 saturated carbocycles. The van der Waals surface area contributed by atoms with E-state index in [2.05, 4.69) is 37.9 Å². The van der Waals surface area contributed by atoms with Crippen LogP contribution in [0.1, 0.15) is 59.8 Å². The van der Waals surface area contributed by atoms with Gasteiger partial charge >= 0.3 is 0 Å². The third-order valence-electron chi connectivity index (χ3n) is 4.44. The highest BCUT2D eigenvalue weighted by molar-refractivity contribution is 5.76. The second-order valence-electron chi connectivity index (χ2n) is 6.18. The van der Waals surface area contributed by atoms with Crippen LogP contribution in [-0.4, -0.2) is 36.5 Å². The van der Waals surface area contributed by atoms with Crippen LogP contribution in [-0.2, 0) is 4.79 Å². The van der Waals surface area contributed by atoms with Crippen molar-refractivity contribution in [1.82, 2.24) is 10.2 Å². The Morgan fingerprint density at radius 1 is 1.26 bits per heavy atom. The summed E-state index contributed by atoms with van der Waals surface area (Å²) in [5.74, 6) is 1.52. The van der Waals surface area contributed by atoms with Crippen molar-refractivity contribution < 1.29 is 4.79 Å². The molecule has 0 aromatic carbocycles. The Balaban J connectivity index is 2.60. The number of piperidine rings is 1. The summed E-state index contributed by atoms with van der Waals surface area (Å²) in [5, 5.41) is 3.38. The molecule has 0 aliphatic carbocycles. The molecule has 1 heterocycles. The van der Waals surface area contributed by atoms with Crippen molar-refractivity contribution in [2.45, 2.75) is 65.8 Å². The number of carbonyl (C=O) groups is 1. The van der Waals surface area contributed by atoms with E-state index < -0.39 is 0 Å². The molecular weight excluding hydrogens is 236 g/mol. The molecule has 1 aliphatic rings. The van der Waals surface area contributed by atoms with Crippen LogP contribution in [0.3, 0.4) is 0 Å². The highest BCUT2D eigenvalue weighted by Crippen LogP contribution is 2.22. The zero-order valence-electron chi connectivity index (χ0n) is 13.2. The van der Waals surface area contributed by atoms with Crippen molar-refractivity contribution in [2.75, 3.05) is 19.6 Å². The number of nitrogens with zero attached hydrogens (tertiary/aromatic N) is 1. The van der Waals surface area contributed by atoms with E-state index in [0.717, 1.165) is 51.7 Å². The molecule has 112 valence electrons. The number of amides is 1. The minimum absolute atomic E-state index is 0.384. The van der Waals surface area contributed by atoms with Crippen LogP contribution in [0, 0.1) is 11.8 Å². The van der Waals surface area contributed by atoms with Crippen molar-refractivity contribution in [2.24, 2.45) is 11.8 Å². The molecule has 1 rings (SSSR count). The second kappa shape index (κ2) is 8.57. The lowest BCUT2D eigenvalue weighted by Crippen LogP contribution is -2.47. The molecule has 0 radical (unpaired) electrons. The van der Waals surface area contributed by atoms with Crippen molar-refractivity contribution in [1.29, 1.82) is 0 Å². The topological polar surface area (TPSA) is 32.3 Å². The van der Waals surface area contributed by atoms with E-state index in [4.69, 9.17) is 0 Å². The summed E-state index contributed by atoms with van der Waals surface area (Å²) in [6, 6.07) is 0.471. The van der Waals surface area contributed by atoms with Crippen LogP contribution in [0.15, 0.2) is 0 Å². The van der Waals surface area contributed by atoms with E-state index in [1.54, 1.807) is 0 Å². The van der Waals surface area contributed by atoms with Gasteiger partial charge in [0.15, 0.2) is 0 Å². The molecule has 3 nitrogen and oxygen atoms in total. The Hall–Kier alpha value is -0.570. The molecule has 1 aliphatic heterocycles. The van der Waals surface area contributed by atoms with Gasteiger partial charge in [0.1, 0.15) is 0 Å². The Bertz CT molecular complexity index is 259. The van der Waals surface area contributed by atoms with Crippen molar-refractivity contribution in [3.8, 4) is 0 Å². The lowest BCUT2D eigenvalue weighted by atomic mass is 9.89. The van der Waals surface area contributed by atoms with Crippen LogP contribution >= 0.6 is 0 Å². The van der Waals surface area contributed by atoms with Crippen molar-refractivity contribution in [3.63, 3.8) is 0 Å². The van der Waals surface area contributed by atoms with Crippen molar-refractivity contribution in [3.05, 3.63) is 0 Å². The Kier molecular flexibility index (Phi) is 7.44. The zero-order chi connectivity index (χ0) is 14.3. The average molecular weight is 268 g/mol. The molecule has 0 bridgehead atoms. The highest BCUT2D eigenvalue weighted by Gasteiger charge is 2.26. The number of hydrogen-bond donors (Lipinski definition) is 1. The minimum Gasteiger partial charge on any atom is -0.340 e. The third-order valence-corrected chi connectivity index (χ3v) is 4.44. The van der Waals surface area contributed by atoms with E-state index in [1.165, 1.54) is 0 Å². The molecule has 1 amide bonds. The fourth-order valence-electron chi connectivity index (χ4n) is 3.06. The van der Waals surface area contributed by atoms with E-state index in [1.807, 2.05) is 0 Å². The quantitative estimate of drug-likeness (QED) is 0.769. The Morgan fingerprint density at radius 2 is 1.89 bits per heavy atom. The monoisotopic (exact) mass is 268 g/mol. The average Bonchev–Trinajstić information content (AvgIpc) is 2.42. The fourth-order valence-corrected chi connectivity index (χ4v) is 3.06. The van der Waals surface area contributed by atoms with Gasteiger partial charge < -0.3 is 10.2 Å². The number of rotatable bonds is 7. The third kappa shape index (κ3) is 5.13. The van der Waals surface area contributed by atoms with Crippen LogP contribution in [0.4, 0.5) is 0 Å². The van der Waals surface area contributed by atoms with Crippen LogP contribution in [0.25, 0.3) is 0 Å². The van der Waals surface area contributed by atoms with Gasteiger partial charge in [0, 0.05) is 19.0 Å². The standard InChI is InChI=1S/C16H32N2O/c1-5-11-18(15-7-9-17-10-8-15)16(19)12-14(6-2)13(3)4/h13-15,17H,5-12H2,1-4H3. The van der Waals surface area contributed by atoms with E-state index in [0.29, 0.717) is 23.8 Å². The molecule has 19 heavy (non-hydrogen) atoms. The summed E-state index contributed by atoms with van der Waals surface area (Å²) in [6.45, 7) is 11.9. The normalized spacial score (nSPS) is 18.6. The molecule has 1 fully saturated rings. The summed E-state index contributed by atoms with van der Waals surface area (Å²) < 4.78 is 0. The van der Waals surface area contributed by atoms with Crippen molar-refractivity contribution >= 4 is 5.91 Å². The first-order valence-electron chi connectivity index (χ1n) is 8.10. The number of nitrogens with one attached hydrogen (secondary N) is 1. The first-order valence-corrected chi connectivity index (χ1v) is 8.10. The molecule has 0 aromatic rings. The largest absolute Gasteiger partial charge is 0.340 e. The van der Waals surface area contributed by atoms with Gasteiger partial charge in [-0.1, -0.05) is 34.1 Å². The van der Waals surface area contributed by atoms with Gasteiger partial charge in [-0.15, -0.1) is 0 Å².